The van der Waals surface area contributed by atoms with Crippen LogP contribution in [0.15, 0.2) is 47.9 Å². The minimum atomic E-state index is 0.331. The molecule has 1 N–H and O–H groups in total. The Bertz CT molecular complexity index is 817. The van der Waals surface area contributed by atoms with Crippen molar-refractivity contribution in [2.45, 2.75) is 0 Å². The number of fused-ring (bicyclic) bond motifs is 3. The average Bonchev–Trinajstić information content (AvgIpc) is 3.02. The Morgan fingerprint density at radius 1 is 1.05 bits per heavy atom. The number of benzene rings is 2. The molecule has 0 saturated heterocycles. The molecule has 1 aromatic heterocycles. The van der Waals surface area contributed by atoms with E-state index in [0.717, 1.165) is 32.5 Å². The summed E-state index contributed by atoms with van der Waals surface area (Å²) in [6, 6.07) is 11.8. The number of aromatic hydroxyl groups is 1. The van der Waals surface area contributed by atoms with E-state index >= 15 is 0 Å². The Morgan fingerprint density at radius 3 is 2.70 bits per heavy atom. The molecule has 0 radical (unpaired) electrons. The van der Waals surface area contributed by atoms with Crippen LogP contribution in [0.5, 0.6) is 11.5 Å². The largest absolute Gasteiger partial charge is 0.507 e. The van der Waals surface area contributed by atoms with E-state index in [-0.39, 0.29) is 0 Å². The zero-order valence-corrected chi connectivity index (χ0v) is 11.5. The van der Waals surface area contributed by atoms with Gasteiger partial charge in [-0.25, -0.2) is 0 Å². The highest BCUT2D eigenvalue weighted by molar-refractivity contribution is 7.13. The van der Waals surface area contributed by atoms with Gasteiger partial charge in [-0.15, -0.1) is 11.3 Å². The van der Waals surface area contributed by atoms with Gasteiger partial charge in [-0.3, -0.25) is 0 Å². The standard InChI is InChI=1S/C17H12O2S/c18-16-11-5-1-2-6-12(11)17-13(7-3-9-19-17)15(16)14-8-4-10-20-14/h1-8,10,18H,9H2. The second-order valence-corrected chi connectivity index (χ2v) is 5.65. The van der Waals surface area contributed by atoms with Gasteiger partial charge in [-0.2, -0.15) is 0 Å². The summed E-state index contributed by atoms with van der Waals surface area (Å²) in [6.07, 6.45) is 4.02. The maximum absolute atomic E-state index is 10.7. The third-order valence-electron chi connectivity index (χ3n) is 3.55. The van der Waals surface area contributed by atoms with Crippen molar-refractivity contribution in [3.05, 3.63) is 53.4 Å². The van der Waals surface area contributed by atoms with Crippen LogP contribution in [0.1, 0.15) is 5.56 Å². The summed E-state index contributed by atoms with van der Waals surface area (Å²) in [4.78, 5) is 1.06. The van der Waals surface area contributed by atoms with E-state index < -0.39 is 0 Å². The fraction of sp³-hybridized carbons (Fsp3) is 0.0588. The van der Waals surface area contributed by atoms with Crippen molar-refractivity contribution in [1.29, 1.82) is 0 Å². The molecule has 20 heavy (non-hydrogen) atoms. The van der Waals surface area contributed by atoms with Crippen LogP contribution >= 0.6 is 11.3 Å². The molecular weight excluding hydrogens is 268 g/mol. The van der Waals surface area contributed by atoms with E-state index in [1.54, 1.807) is 11.3 Å². The molecule has 2 heterocycles. The summed E-state index contributed by atoms with van der Waals surface area (Å²) in [6.45, 7) is 0.575. The quantitative estimate of drug-likeness (QED) is 0.701. The SMILES string of the molecule is Oc1c(-c2cccs2)c2c(c3ccccc13)OCC=C2. The van der Waals surface area contributed by atoms with Gasteiger partial charge in [0.2, 0.25) is 0 Å². The maximum Gasteiger partial charge on any atom is 0.135 e. The van der Waals surface area contributed by atoms with Crippen LogP contribution in [-0.4, -0.2) is 11.7 Å². The summed E-state index contributed by atoms with van der Waals surface area (Å²) in [5, 5.41) is 14.5. The molecule has 0 saturated carbocycles. The van der Waals surface area contributed by atoms with Crippen LogP contribution in [0.2, 0.25) is 0 Å². The Morgan fingerprint density at radius 2 is 1.90 bits per heavy atom. The monoisotopic (exact) mass is 280 g/mol. The van der Waals surface area contributed by atoms with Gasteiger partial charge in [-0.1, -0.05) is 36.4 Å². The van der Waals surface area contributed by atoms with E-state index in [9.17, 15) is 5.11 Å². The summed E-state index contributed by atoms with van der Waals surface area (Å²) >= 11 is 1.62. The fourth-order valence-corrected chi connectivity index (χ4v) is 3.48. The summed E-state index contributed by atoms with van der Waals surface area (Å²) in [7, 11) is 0. The highest BCUT2D eigenvalue weighted by Gasteiger charge is 2.21. The predicted octanol–water partition coefficient (Wildman–Crippen LogP) is 4.68. The van der Waals surface area contributed by atoms with Gasteiger partial charge in [-0.05, 0) is 17.5 Å². The number of rotatable bonds is 1. The summed E-state index contributed by atoms with van der Waals surface area (Å²) in [5.74, 6) is 1.20. The van der Waals surface area contributed by atoms with Crippen LogP contribution in [0.4, 0.5) is 0 Å². The molecule has 1 aliphatic heterocycles. The number of ether oxygens (including phenoxy) is 1. The third kappa shape index (κ3) is 1.57. The Kier molecular flexibility index (Phi) is 2.54. The molecule has 0 fully saturated rings. The van der Waals surface area contributed by atoms with Crippen molar-refractivity contribution < 1.29 is 9.84 Å². The van der Waals surface area contributed by atoms with Crippen molar-refractivity contribution >= 4 is 28.2 Å². The first-order valence-electron chi connectivity index (χ1n) is 6.47. The van der Waals surface area contributed by atoms with Crippen LogP contribution < -0.4 is 4.74 Å². The van der Waals surface area contributed by atoms with E-state index in [4.69, 9.17) is 4.74 Å². The Labute approximate surface area is 120 Å². The first-order valence-corrected chi connectivity index (χ1v) is 7.35. The molecule has 0 atom stereocenters. The lowest BCUT2D eigenvalue weighted by molar-refractivity contribution is 0.362. The van der Waals surface area contributed by atoms with Gasteiger partial charge in [0.05, 0.1) is 0 Å². The number of hydrogen-bond acceptors (Lipinski definition) is 3. The van der Waals surface area contributed by atoms with Crippen LogP contribution in [0.3, 0.4) is 0 Å². The predicted molar refractivity (Wildman–Crippen MR) is 83.5 cm³/mol. The lowest BCUT2D eigenvalue weighted by Crippen LogP contribution is -2.02. The number of thiophene rings is 1. The van der Waals surface area contributed by atoms with Crippen molar-refractivity contribution in [3.63, 3.8) is 0 Å². The molecule has 1 aliphatic rings. The van der Waals surface area contributed by atoms with Crippen molar-refractivity contribution in [2.24, 2.45) is 0 Å². The lowest BCUT2D eigenvalue weighted by Gasteiger charge is -2.20. The minimum absolute atomic E-state index is 0.331. The lowest BCUT2D eigenvalue weighted by atomic mass is 9.95. The second-order valence-electron chi connectivity index (χ2n) is 4.70. The normalized spacial score (nSPS) is 13.2. The molecule has 3 heteroatoms. The van der Waals surface area contributed by atoms with Crippen molar-refractivity contribution in [2.75, 3.05) is 6.61 Å². The van der Waals surface area contributed by atoms with E-state index in [0.29, 0.717) is 12.4 Å². The average molecular weight is 280 g/mol. The first kappa shape index (κ1) is 11.6. The van der Waals surface area contributed by atoms with Gasteiger partial charge in [0.1, 0.15) is 18.1 Å². The molecule has 0 bridgehead atoms. The third-order valence-corrected chi connectivity index (χ3v) is 4.44. The van der Waals surface area contributed by atoms with Gasteiger partial charge in [0.15, 0.2) is 0 Å². The molecule has 0 aliphatic carbocycles. The number of phenols is 1. The van der Waals surface area contributed by atoms with Crippen LogP contribution in [0.25, 0.3) is 27.3 Å². The molecule has 0 unspecified atom stereocenters. The smallest absolute Gasteiger partial charge is 0.135 e. The molecular formula is C17H12O2S. The van der Waals surface area contributed by atoms with Gasteiger partial charge < -0.3 is 9.84 Å². The van der Waals surface area contributed by atoms with E-state index in [2.05, 4.69) is 0 Å². The molecule has 2 nitrogen and oxygen atoms in total. The zero-order chi connectivity index (χ0) is 13.5. The van der Waals surface area contributed by atoms with Gasteiger partial charge in [0.25, 0.3) is 0 Å². The Hall–Kier alpha value is -2.26. The second kappa shape index (κ2) is 4.39. The summed E-state index contributed by atoms with van der Waals surface area (Å²) < 4.78 is 5.84. The molecule has 0 spiro atoms. The highest BCUT2D eigenvalue weighted by Crippen LogP contribution is 2.47. The van der Waals surface area contributed by atoms with Crippen LogP contribution in [0, 0.1) is 0 Å². The minimum Gasteiger partial charge on any atom is -0.507 e. The number of phenolic OH excluding ortho intramolecular Hbond substituents is 1. The van der Waals surface area contributed by atoms with Crippen LogP contribution in [-0.2, 0) is 0 Å². The molecule has 2 aromatic carbocycles. The Balaban J connectivity index is 2.19. The zero-order valence-electron chi connectivity index (χ0n) is 10.7. The maximum atomic E-state index is 10.7. The number of hydrogen-bond donors (Lipinski definition) is 1. The van der Waals surface area contributed by atoms with E-state index in [1.165, 1.54) is 0 Å². The summed E-state index contributed by atoms with van der Waals surface area (Å²) in [5.41, 5.74) is 1.83. The van der Waals surface area contributed by atoms with E-state index in [1.807, 2.05) is 53.9 Å². The molecule has 98 valence electrons. The van der Waals surface area contributed by atoms with Gasteiger partial charge >= 0.3 is 0 Å². The van der Waals surface area contributed by atoms with Crippen molar-refractivity contribution in [3.8, 4) is 21.9 Å². The first-order chi connectivity index (χ1) is 9.86. The van der Waals surface area contributed by atoms with Gasteiger partial charge in [0, 0.05) is 26.8 Å². The highest BCUT2D eigenvalue weighted by atomic mass is 32.1. The molecule has 3 aromatic rings. The fourth-order valence-electron chi connectivity index (χ4n) is 2.69. The molecule has 0 amide bonds. The topological polar surface area (TPSA) is 29.5 Å². The van der Waals surface area contributed by atoms with Crippen molar-refractivity contribution in [1.82, 2.24) is 0 Å². The molecule has 4 rings (SSSR count).